The zero-order valence-electron chi connectivity index (χ0n) is 10.6. The van der Waals surface area contributed by atoms with Crippen LogP contribution in [0.5, 0.6) is 0 Å². The van der Waals surface area contributed by atoms with E-state index in [1.807, 2.05) is 6.07 Å². The second kappa shape index (κ2) is 4.06. The van der Waals surface area contributed by atoms with Gasteiger partial charge in [0, 0.05) is 18.2 Å². The first-order valence-corrected chi connectivity index (χ1v) is 5.98. The largest absolute Gasteiger partial charge is 0.481 e. The van der Waals surface area contributed by atoms with Gasteiger partial charge in [0.1, 0.15) is 0 Å². The Balaban J connectivity index is 2.26. The lowest BCUT2D eigenvalue weighted by Gasteiger charge is -2.23. The number of anilines is 1. The van der Waals surface area contributed by atoms with E-state index in [2.05, 4.69) is 24.4 Å². The quantitative estimate of drug-likeness (QED) is 0.843. The highest BCUT2D eigenvalue weighted by Gasteiger charge is 2.34. The van der Waals surface area contributed by atoms with Gasteiger partial charge in [-0.15, -0.1) is 0 Å². The summed E-state index contributed by atoms with van der Waals surface area (Å²) in [5, 5.41) is 12.6. The number of nitrogens with one attached hydrogen (secondary N) is 1. The molecule has 0 aliphatic carbocycles. The van der Waals surface area contributed by atoms with Crippen LogP contribution in [0.15, 0.2) is 18.2 Å². The van der Waals surface area contributed by atoms with Crippen molar-refractivity contribution < 1.29 is 9.90 Å². The minimum Gasteiger partial charge on any atom is -0.481 e. The Morgan fingerprint density at radius 2 is 2.24 bits per heavy atom. The minimum absolute atomic E-state index is 0.303. The molecule has 1 heterocycles. The van der Waals surface area contributed by atoms with Crippen molar-refractivity contribution in [1.82, 2.24) is 0 Å². The van der Waals surface area contributed by atoms with Gasteiger partial charge < -0.3 is 10.4 Å². The van der Waals surface area contributed by atoms with Crippen molar-refractivity contribution >= 4 is 11.7 Å². The summed E-state index contributed by atoms with van der Waals surface area (Å²) in [5.41, 5.74) is 3.03. The van der Waals surface area contributed by atoms with Crippen LogP contribution < -0.4 is 5.32 Å². The van der Waals surface area contributed by atoms with Gasteiger partial charge >= 0.3 is 5.97 Å². The van der Waals surface area contributed by atoms with Crippen molar-refractivity contribution in [3.63, 3.8) is 0 Å². The summed E-state index contributed by atoms with van der Waals surface area (Å²) in [6, 6.07) is 6.19. The molecule has 0 fully saturated rings. The molecule has 3 nitrogen and oxygen atoms in total. The van der Waals surface area contributed by atoms with Crippen LogP contribution in [0, 0.1) is 12.3 Å². The van der Waals surface area contributed by atoms with E-state index < -0.39 is 11.4 Å². The first-order valence-electron chi connectivity index (χ1n) is 5.98. The first kappa shape index (κ1) is 12.0. The van der Waals surface area contributed by atoms with E-state index >= 15 is 0 Å². The van der Waals surface area contributed by atoms with Crippen LogP contribution in [-0.4, -0.2) is 17.6 Å². The second-order valence-electron chi connectivity index (χ2n) is 5.51. The van der Waals surface area contributed by atoms with E-state index in [-0.39, 0.29) is 0 Å². The van der Waals surface area contributed by atoms with E-state index in [1.165, 1.54) is 11.1 Å². The molecule has 1 unspecified atom stereocenters. The summed E-state index contributed by atoms with van der Waals surface area (Å²) >= 11 is 0. The van der Waals surface area contributed by atoms with E-state index in [4.69, 9.17) is 0 Å². The van der Waals surface area contributed by atoms with Gasteiger partial charge in [-0.3, -0.25) is 4.79 Å². The van der Waals surface area contributed by atoms with E-state index in [0.717, 1.165) is 12.2 Å². The maximum atomic E-state index is 11.2. The third kappa shape index (κ3) is 2.14. The van der Waals surface area contributed by atoms with Gasteiger partial charge in [0.05, 0.1) is 5.41 Å². The summed E-state index contributed by atoms with van der Waals surface area (Å²) in [4.78, 5) is 11.2. The third-order valence-corrected chi connectivity index (χ3v) is 3.61. The molecule has 0 spiro atoms. The van der Waals surface area contributed by atoms with Crippen molar-refractivity contribution in [2.45, 2.75) is 33.1 Å². The maximum absolute atomic E-state index is 11.2. The molecule has 2 N–H and O–H groups in total. The standard InChI is InChI=1S/C14H19NO2/c1-9-5-4-6-11-12(9)10(8-15-11)7-14(2,3)13(16)17/h4-6,10,15H,7-8H2,1-3H3,(H,16,17). The van der Waals surface area contributed by atoms with Crippen LogP contribution in [0.2, 0.25) is 0 Å². The van der Waals surface area contributed by atoms with Gasteiger partial charge in [-0.25, -0.2) is 0 Å². The fourth-order valence-electron chi connectivity index (χ4n) is 2.59. The SMILES string of the molecule is Cc1cccc2c1C(CC(C)(C)C(=O)O)CN2. The van der Waals surface area contributed by atoms with Crippen LogP contribution in [0.4, 0.5) is 5.69 Å². The molecule has 17 heavy (non-hydrogen) atoms. The Hall–Kier alpha value is -1.51. The van der Waals surface area contributed by atoms with E-state index in [9.17, 15) is 9.90 Å². The summed E-state index contributed by atoms with van der Waals surface area (Å²) in [6.45, 7) is 6.53. The summed E-state index contributed by atoms with van der Waals surface area (Å²) in [6.07, 6.45) is 0.674. The number of hydrogen-bond acceptors (Lipinski definition) is 2. The molecule has 1 aliphatic heterocycles. The number of aliphatic carboxylic acids is 1. The van der Waals surface area contributed by atoms with Gasteiger partial charge in [0.25, 0.3) is 0 Å². The molecule has 1 atom stereocenters. The number of hydrogen-bond donors (Lipinski definition) is 2. The van der Waals surface area contributed by atoms with E-state index in [0.29, 0.717) is 12.3 Å². The van der Waals surface area contributed by atoms with E-state index in [1.54, 1.807) is 13.8 Å². The number of fused-ring (bicyclic) bond motifs is 1. The Kier molecular flexibility index (Phi) is 2.86. The minimum atomic E-state index is -0.723. The molecule has 0 aromatic heterocycles. The second-order valence-corrected chi connectivity index (χ2v) is 5.51. The molecule has 3 heteroatoms. The van der Waals surface area contributed by atoms with Crippen LogP contribution in [0.3, 0.4) is 0 Å². The highest BCUT2D eigenvalue weighted by Crippen LogP contribution is 2.40. The van der Waals surface area contributed by atoms with Crippen molar-refractivity contribution in [3.05, 3.63) is 29.3 Å². The highest BCUT2D eigenvalue weighted by atomic mass is 16.4. The lowest BCUT2D eigenvalue weighted by atomic mass is 9.80. The predicted octanol–water partition coefficient (Wildman–Crippen LogP) is 3.01. The summed E-state index contributed by atoms with van der Waals surface area (Å²) in [7, 11) is 0. The molecule has 1 aliphatic rings. The average molecular weight is 233 g/mol. The van der Waals surface area contributed by atoms with Crippen molar-refractivity contribution in [2.24, 2.45) is 5.41 Å². The van der Waals surface area contributed by atoms with Crippen molar-refractivity contribution in [1.29, 1.82) is 0 Å². The molecule has 0 amide bonds. The molecular weight excluding hydrogens is 214 g/mol. The van der Waals surface area contributed by atoms with Gasteiger partial charge in [0.15, 0.2) is 0 Å². The molecule has 1 aromatic rings. The Morgan fingerprint density at radius 1 is 1.53 bits per heavy atom. The topological polar surface area (TPSA) is 49.3 Å². The summed E-state index contributed by atoms with van der Waals surface area (Å²) in [5.74, 6) is -0.420. The average Bonchev–Trinajstić information content (AvgIpc) is 2.62. The maximum Gasteiger partial charge on any atom is 0.309 e. The molecule has 0 bridgehead atoms. The molecule has 0 saturated carbocycles. The van der Waals surface area contributed by atoms with Crippen molar-refractivity contribution in [2.75, 3.05) is 11.9 Å². The number of carboxylic acid groups (broad SMARTS) is 1. The molecule has 1 aromatic carbocycles. The Bertz CT molecular complexity index is 452. The van der Waals surface area contributed by atoms with Crippen LogP contribution in [0.25, 0.3) is 0 Å². The number of aryl methyl sites for hydroxylation is 1. The predicted molar refractivity (Wildman–Crippen MR) is 68.4 cm³/mol. The third-order valence-electron chi connectivity index (χ3n) is 3.61. The number of rotatable bonds is 3. The van der Waals surface area contributed by atoms with Crippen LogP contribution in [0.1, 0.15) is 37.3 Å². The molecule has 92 valence electrons. The zero-order valence-corrected chi connectivity index (χ0v) is 10.6. The lowest BCUT2D eigenvalue weighted by molar-refractivity contribution is -0.147. The monoisotopic (exact) mass is 233 g/mol. The number of carbonyl (C=O) groups is 1. The summed E-state index contributed by atoms with van der Waals surface area (Å²) < 4.78 is 0. The normalized spacial score (nSPS) is 18.6. The zero-order chi connectivity index (χ0) is 12.6. The van der Waals surface area contributed by atoms with Crippen LogP contribution >= 0.6 is 0 Å². The van der Waals surface area contributed by atoms with Crippen LogP contribution in [-0.2, 0) is 4.79 Å². The lowest BCUT2D eigenvalue weighted by Crippen LogP contribution is -2.26. The Morgan fingerprint density at radius 3 is 2.88 bits per heavy atom. The smallest absolute Gasteiger partial charge is 0.309 e. The fraction of sp³-hybridized carbons (Fsp3) is 0.500. The van der Waals surface area contributed by atoms with Gasteiger partial charge in [-0.1, -0.05) is 12.1 Å². The fourth-order valence-corrected chi connectivity index (χ4v) is 2.59. The van der Waals surface area contributed by atoms with Gasteiger partial charge in [-0.05, 0) is 44.4 Å². The highest BCUT2D eigenvalue weighted by molar-refractivity contribution is 5.74. The first-order chi connectivity index (χ1) is 7.92. The molecule has 0 saturated heterocycles. The molecule has 0 radical (unpaired) electrons. The molecular formula is C14H19NO2. The van der Waals surface area contributed by atoms with Gasteiger partial charge in [-0.2, -0.15) is 0 Å². The van der Waals surface area contributed by atoms with Gasteiger partial charge in [0.2, 0.25) is 0 Å². The Labute approximate surface area is 102 Å². The van der Waals surface area contributed by atoms with Crippen molar-refractivity contribution in [3.8, 4) is 0 Å². The number of benzene rings is 1. The molecule has 2 rings (SSSR count). The number of carboxylic acids is 1.